The highest BCUT2D eigenvalue weighted by Gasteiger charge is 2.13. The Bertz CT molecular complexity index is 365. The van der Waals surface area contributed by atoms with Crippen molar-refractivity contribution in [3.05, 3.63) is 24.0 Å². The van der Waals surface area contributed by atoms with Crippen LogP contribution in [0, 0.1) is 0 Å². The van der Waals surface area contributed by atoms with Crippen LogP contribution in [0.15, 0.2) is 18.3 Å². The number of carbonyl (C=O) groups excluding carboxylic acids is 1. The molecule has 0 aliphatic carbocycles. The van der Waals surface area contributed by atoms with Gasteiger partial charge in [-0.2, -0.15) is 0 Å². The maximum absolute atomic E-state index is 11.5. The second-order valence-corrected chi connectivity index (χ2v) is 3.92. The highest BCUT2D eigenvalue weighted by atomic mass is 16.5. The Morgan fingerprint density at radius 1 is 1.39 bits per heavy atom. The third-order valence-electron chi connectivity index (χ3n) is 2.39. The molecule has 0 aliphatic heterocycles. The van der Waals surface area contributed by atoms with Gasteiger partial charge in [-0.15, -0.1) is 0 Å². The normalized spacial score (nSPS) is 11.9. The monoisotopic (exact) mass is 251 g/mol. The molecule has 0 aromatic carbocycles. The predicted molar refractivity (Wildman–Crippen MR) is 70.4 cm³/mol. The fraction of sp³-hybridized carbons (Fsp3) is 0.538. The molecule has 0 saturated heterocycles. The van der Waals surface area contributed by atoms with Gasteiger partial charge in [-0.3, -0.25) is 9.78 Å². The van der Waals surface area contributed by atoms with Crippen molar-refractivity contribution in [2.24, 2.45) is 0 Å². The molecule has 1 aromatic rings. The van der Waals surface area contributed by atoms with Crippen molar-refractivity contribution in [3.8, 4) is 5.75 Å². The molecule has 0 spiro atoms. The van der Waals surface area contributed by atoms with E-state index in [0.717, 1.165) is 18.8 Å². The van der Waals surface area contributed by atoms with Gasteiger partial charge in [0, 0.05) is 13.1 Å². The number of nitrogens with zero attached hydrogens (tertiary/aromatic N) is 1. The van der Waals surface area contributed by atoms with Crippen LogP contribution in [0.5, 0.6) is 5.75 Å². The third kappa shape index (κ3) is 4.71. The van der Waals surface area contributed by atoms with Crippen LogP contribution >= 0.6 is 0 Å². The molecule has 0 bridgehead atoms. The zero-order valence-corrected chi connectivity index (χ0v) is 11.2. The first-order valence-corrected chi connectivity index (χ1v) is 6.27. The lowest BCUT2D eigenvalue weighted by Gasteiger charge is -2.13. The van der Waals surface area contributed by atoms with Gasteiger partial charge in [-0.1, -0.05) is 6.92 Å². The number of hydrogen-bond acceptors (Lipinski definition) is 4. The van der Waals surface area contributed by atoms with Crippen molar-refractivity contribution in [2.45, 2.75) is 33.4 Å². The molecule has 0 radical (unpaired) electrons. The molecule has 1 rings (SSSR count). The van der Waals surface area contributed by atoms with E-state index in [1.165, 1.54) is 0 Å². The molecule has 2 N–H and O–H groups in total. The van der Waals surface area contributed by atoms with E-state index in [4.69, 9.17) is 4.74 Å². The van der Waals surface area contributed by atoms with Crippen LogP contribution < -0.4 is 15.4 Å². The molecule has 0 aliphatic rings. The summed E-state index contributed by atoms with van der Waals surface area (Å²) in [4.78, 5) is 15.7. The summed E-state index contributed by atoms with van der Waals surface area (Å²) >= 11 is 0. The summed E-state index contributed by atoms with van der Waals surface area (Å²) in [5.74, 6) is 0.489. The third-order valence-corrected chi connectivity index (χ3v) is 2.39. The fourth-order valence-corrected chi connectivity index (χ4v) is 1.41. The number of pyridine rings is 1. The molecule has 1 atom stereocenters. The van der Waals surface area contributed by atoms with Crippen molar-refractivity contribution in [1.29, 1.82) is 0 Å². The summed E-state index contributed by atoms with van der Waals surface area (Å²) in [5, 5.41) is 5.90. The number of aromatic nitrogens is 1. The van der Waals surface area contributed by atoms with Gasteiger partial charge >= 0.3 is 0 Å². The van der Waals surface area contributed by atoms with Gasteiger partial charge in [0.25, 0.3) is 5.91 Å². The molecule has 0 fully saturated rings. The highest BCUT2D eigenvalue weighted by Crippen LogP contribution is 2.11. The first kappa shape index (κ1) is 14.4. The standard InChI is InChI=1S/C13H21N3O2/c1-4-14-8-11-6-7-12(9-16-11)18-10(3)13(17)15-5-2/h6-7,9-10,14H,4-5,8H2,1-3H3,(H,15,17). The lowest BCUT2D eigenvalue weighted by atomic mass is 10.3. The van der Waals surface area contributed by atoms with Gasteiger partial charge in [-0.25, -0.2) is 0 Å². The van der Waals surface area contributed by atoms with E-state index < -0.39 is 6.10 Å². The zero-order chi connectivity index (χ0) is 13.4. The van der Waals surface area contributed by atoms with E-state index in [-0.39, 0.29) is 5.91 Å². The molecule has 18 heavy (non-hydrogen) atoms. The van der Waals surface area contributed by atoms with Gasteiger partial charge in [0.2, 0.25) is 0 Å². The van der Waals surface area contributed by atoms with Gasteiger partial charge < -0.3 is 15.4 Å². The lowest BCUT2D eigenvalue weighted by molar-refractivity contribution is -0.127. The molecule has 1 aromatic heterocycles. The summed E-state index contributed by atoms with van der Waals surface area (Å²) in [6, 6.07) is 3.72. The van der Waals surface area contributed by atoms with E-state index >= 15 is 0 Å². The molecule has 0 saturated carbocycles. The van der Waals surface area contributed by atoms with Crippen LogP contribution in [-0.2, 0) is 11.3 Å². The van der Waals surface area contributed by atoms with Crippen LogP contribution in [0.2, 0.25) is 0 Å². The Balaban J connectivity index is 2.50. The predicted octanol–water partition coefficient (Wildman–Crippen LogP) is 1.09. The highest BCUT2D eigenvalue weighted by molar-refractivity contribution is 5.80. The average molecular weight is 251 g/mol. The van der Waals surface area contributed by atoms with Gasteiger partial charge in [-0.05, 0) is 32.5 Å². The van der Waals surface area contributed by atoms with Crippen LogP contribution in [0.3, 0.4) is 0 Å². The second kappa shape index (κ2) is 7.66. The van der Waals surface area contributed by atoms with Crippen molar-refractivity contribution in [2.75, 3.05) is 13.1 Å². The zero-order valence-electron chi connectivity index (χ0n) is 11.2. The first-order chi connectivity index (χ1) is 8.67. The van der Waals surface area contributed by atoms with Gasteiger partial charge in [0.15, 0.2) is 6.10 Å². The van der Waals surface area contributed by atoms with Crippen LogP contribution in [0.1, 0.15) is 26.5 Å². The number of ether oxygens (including phenoxy) is 1. The minimum absolute atomic E-state index is 0.116. The number of carbonyl (C=O) groups is 1. The van der Waals surface area contributed by atoms with Crippen molar-refractivity contribution in [3.63, 3.8) is 0 Å². The SMILES string of the molecule is CCNCc1ccc(OC(C)C(=O)NCC)cn1. The maximum atomic E-state index is 11.5. The van der Waals surface area contributed by atoms with Gasteiger partial charge in [0.1, 0.15) is 5.75 Å². The smallest absolute Gasteiger partial charge is 0.260 e. The number of likely N-dealkylation sites (N-methyl/N-ethyl adjacent to an activating group) is 1. The molecular weight excluding hydrogens is 230 g/mol. The summed E-state index contributed by atoms with van der Waals surface area (Å²) in [7, 11) is 0. The Morgan fingerprint density at radius 2 is 2.17 bits per heavy atom. The minimum atomic E-state index is -0.508. The second-order valence-electron chi connectivity index (χ2n) is 3.92. The van der Waals surface area contributed by atoms with Crippen molar-refractivity contribution < 1.29 is 9.53 Å². The Morgan fingerprint density at radius 3 is 2.72 bits per heavy atom. The Hall–Kier alpha value is -1.62. The number of amides is 1. The molecule has 1 heterocycles. The van der Waals surface area contributed by atoms with Crippen LogP contribution in [-0.4, -0.2) is 30.1 Å². The van der Waals surface area contributed by atoms with Crippen molar-refractivity contribution >= 4 is 5.91 Å². The van der Waals surface area contributed by atoms with Crippen LogP contribution in [0.25, 0.3) is 0 Å². The average Bonchev–Trinajstić information content (AvgIpc) is 2.38. The molecule has 1 unspecified atom stereocenters. The van der Waals surface area contributed by atoms with E-state index in [1.807, 2.05) is 26.0 Å². The number of nitrogens with one attached hydrogen (secondary N) is 2. The van der Waals surface area contributed by atoms with Crippen molar-refractivity contribution in [1.82, 2.24) is 15.6 Å². The van der Waals surface area contributed by atoms with E-state index in [1.54, 1.807) is 13.1 Å². The number of rotatable bonds is 7. The lowest BCUT2D eigenvalue weighted by Crippen LogP contribution is -2.36. The summed E-state index contributed by atoms with van der Waals surface area (Å²) in [5.41, 5.74) is 0.954. The molecule has 100 valence electrons. The Kier molecular flexibility index (Phi) is 6.14. The Labute approximate surface area is 108 Å². The molecule has 1 amide bonds. The summed E-state index contributed by atoms with van der Waals surface area (Å²) in [6.07, 6.45) is 1.13. The largest absolute Gasteiger partial charge is 0.479 e. The quantitative estimate of drug-likeness (QED) is 0.761. The van der Waals surface area contributed by atoms with E-state index in [9.17, 15) is 4.79 Å². The molecular formula is C13H21N3O2. The van der Waals surface area contributed by atoms with Gasteiger partial charge in [0.05, 0.1) is 11.9 Å². The summed E-state index contributed by atoms with van der Waals surface area (Å²) < 4.78 is 5.49. The van der Waals surface area contributed by atoms with Crippen LogP contribution in [0.4, 0.5) is 0 Å². The van der Waals surface area contributed by atoms with E-state index in [0.29, 0.717) is 12.3 Å². The number of hydrogen-bond donors (Lipinski definition) is 2. The molecule has 5 nitrogen and oxygen atoms in total. The maximum Gasteiger partial charge on any atom is 0.260 e. The first-order valence-electron chi connectivity index (χ1n) is 6.27. The summed E-state index contributed by atoms with van der Waals surface area (Å²) in [6.45, 7) is 7.90. The molecule has 5 heteroatoms. The van der Waals surface area contributed by atoms with E-state index in [2.05, 4.69) is 15.6 Å². The minimum Gasteiger partial charge on any atom is -0.479 e. The fourth-order valence-electron chi connectivity index (χ4n) is 1.41. The topological polar surface area (TPSA) is 63.2 Å².